The van der Waals surface area contributed by atoms with Crippen LogP contribution in [0.1, 0.15) is 62.4 Å². The average molecular weight is 300 g/mol. The summed E-state index contributed by atoms with van der Waals surface area (Å²) in [6.45, 7) is 6.12. The maximum absolute atomic E-state index is 12.6. The number of benzene rings is 1. The molecular formula is C19H24O3. The molecule has 0 heterocycles. The lowest BCUT2D eigenvalue weighted by Gasteiger charge is -2.22. The van der Waals surface area contributed by atoms with Crippen molar-refractivity contribution in [2.24, 2.45) is 5.92 Å². The molecule has 1 saturated carbocycles. The number of hydrogen-bond acceptors (Lipinski definition) is 3. The fourth-order valence-electron chi connectivity index (χ4n) is 2.64. The Morgan fingerprint density at radius 1 is 1.32 bits per heavy atom. The summed E-state index contributed by atoms with van der Waals surface area (Å²) in [6.07, 6.45) is 5.01. The van der Waals surface area contributed by atoms with Gasteiger partial charge in [0, 0.05) is 11.5 Å². The number of carbonyl (C=O) groups excluding carboxylic acids is 2. The first-order chi connectivity index (χ1) is 10.6. The lowest BCUT2D eigenvalue weighted by Crippen LogP contribution is -2.13. The maximum Gasteiger partial charge on any atom is 0.166 e. The molecule has 0 aliphatic heterocycles. The van der Waals surface area contributed by atoms with E-state index in [9.17, 15) is 9.59 Å². The average Bonchev–Trinajstić information content (AvgIpc) is 2.49. The van der Waals surface area contributed by atoms with Gasteiger partial charge in [-0.1, -0.05) is 19.4 Å². The zero-order valence-electron chi connectivity index (χ0n) is 13.6. The molecule has 1 fully saturated rings. The lowest BCUT2D eigenvalue weighted by molar-refractivity contribution is -0.109. The molecule has 2 rings (SSSR count). The zero-order valence-corrected chi connectivity index (χ0v) is 13.6. The Bertz CT molecular complexity index is 593. The number of allylic oxidation sites excluding steroid dienone is 2. The highest BCUT2D eigenvalue weighted by Gasteiger charge is 2.21. The Morgan fingerprint density at radius 3 is 2.59 bits per heavy atom. The van der Waals surface area contributed by atoms with Crippen LogP contribution in [0, 0.1) is 5.92 Å². The van der Waals surface area contributed by atoms with Crippen LogP contribution in [0.2, 0.25) is 0 Å². The number of hydrogen-bond donors (Lipinski definition) is 0. The summed E-state index contributed by atoms with van der Waals surface area (Å²) >= 11 is 0. The number of carbonyl (C=O) groups is 2. The molecule has 0 amide bonds. The highest BCUT2D eigenvalue weighted by atomic mass is 16.5. The summed E-state index contributed by atoms with van der Waals surface area (Å²) in [5, 5.41) is 0. The van der Waals surface area contributed by atoms with Gasteiger partial charge in [0.05, 0.1) is 0 Å². The molecule has 3 nitrogen and oxygen atoms in total. The molecule has 0 spiro atoms. The van der Waals surface area contributed by atoms with Crippen LogP contribution in [-0.4, -0.2) is 18.7 Å². The molecule has 0 saturated heterocycles. The molecule has 1 aliphatic rings. The van der Waals surface area contributed by atoms with Gasteiger partial charge in [0.25, 0.3) is 0 Å². The summed E-state index contributed by atoms with van der Waals surface area (Å²) in [7, 11) is 0. The van der Waals surface area contributed by atoms with E-state index in [1.165, 1.54) is 17.6 Å². The molecule has 0 radical (unpaired) electrons. The van der Waals surface area contributed by atoms with Crippen molar-refractivity contribution in [1.29, 1.82) is 0 Å². The summed E-state index contributed by atoms with van der Waals surface area (Å²) in [4.78, 5) is 23.1. The highest BCUT2D eigenvalue weighted by Crippen LogP contribution is 2.36. The standard InChI is InChI=1S/C19H24O3/c1-4-13(2)19(21)17-9-8-16(22-11-10-20)12-18(17)14(3)15-6-5-7-15/h8-10,12-13H,4-7,11H2,1-3H3. The van der Waals surface area contributed by atoms with E-state index >= 15 is 0 Å². The molecule has 0 bridgehead atoms. The minimum absolute atomic E-state index is 0.0136. The molecule has 1 atom stereocenters. The van der Waals surface area contributed by atoms with E-state index in [-0.39, 0.29) is 18.3 Å². The van der Waals surface area contributed by atoms with Gasteiger partial charge in [0.15, 0.2) is 12.1 Å². The van der Waals surface area contributed by atoms with E-state index in [0.29, 0.717) is 5.75 Å². The molecule has 1 aromatic carbocycles. The van der Waals surface area contributed by atoms with Crippen molar-refractivity contribution >= 4 is 17.6 Å². The van der Waals surface area contributed by atoms with Crippen LogP contribution in [0.3, 0.4) is 0 Å². The van der Waals surface area contributed by atoms with Gasteiger partial charge in [-0.25, -0.2) is 0 Å². The van der Waals surface area contributed by atoms with Gasteiger partial charge in [-0.15, -0.1) is 0 Å². The molecule has 0 aromatic heterocycles. The molecule has 1 unspecified atom stereocenters. The third-order valence-electron chi connectivity index (χ3n) is 4.53. The monoisotopic (exact) mass is 300 g/mol. The molecular weight excluding hydrogens is 276 g/mol. The summed E-state index contributed by atoms with van der Waals surface area (Å²) in [5.74, 6) is 0.834. The Balaban J connectivity index is 2.43. The van der Waals surface area contributed by atoms with Crippen molar-refractivity contribution < 1.29 is 14.3 Å². The number of aldehydes is 1. The number of Topliss-reactive ketones (excluding diaryl/α,β-unsaturated/α-hetero) is 1. The zero-order chi connectivity index (χ0) is 16.1. The van der Waals surface area contributed by atoms with Crippen LogP contribution in [0.4, 0.5) is 0 Å². The van der Waals surface area contributed by atoms with Crippen molar-refractivity contribution in [1.82, 2.24) is 0 Å². The van der Waals surface area contributed by atoms with Gasteiger partial charge < -0.3 is 4.74 Å². The van der Waals surface area contributed by atoms with E-state index in [1.807, 2.05) is 26.0 Å². The quantitative estimate of drug-likeness (QED) is 0.552. The highest BCUT2D eigenvalue weighted by molar-refractivity contribution is 6.02. The van der Waals surface area contributed by atoms with E-state index < -0.39 is 0 Å². The second-order valence-corrected chi connectivity index (χ2v) is 5.94. The molecule has 1 aromatic rings. The Kier molecular flexibility index (Phi) is 5.53. The Hall–Kier alpha value is -1.90. The molecule has 22 heavy (non-hydrogen) atoms. The topological polar surface area (TPSA) is 43.4 Å². The van der Waals surface area contributed by atoms with Crippen LogP contribution < -0.4 is 4.74 Å². The Labute approximate surface area is 132 Å². The molecule has 0 N–H and O–H groups in total. The first-order valence-electron chi connectivity index (χ1n) is 8.02. The van der Waals surface area contributed by atoms with Crippen LogP contribution >= 0.6 is 0 Å². The third-order valence-corrected chi connectivity index (χ3v) is 4.53. The molecule has 118 valence electrons. The summed E-state index contributed by atoms with van der Waals surface area (Å²) in [5.41, 5.74) is 4.34. The molecule has 3 heteroatoms. The third kappa shape index (κ3) is 3.46. The Morgan fingerprint density at radius 2 is 2.05 bits per heavy atom. The van der Waals surface area contributed by atoms with Crippen LogP contribution in [0.5, 0.6) is 5.75 Å². The molecule has 1 aliphatic carbocycles. The van der Waals surface area contributed by atoms with E-state index in [2.05, 4.69) is 6.92 Å². The number of rotatable bonds is 7. The van der Waals surface area contributed by atoms with Gasteiger partial charge in [-0.2, -0.15) is 0 Å². The smallest absolute Gasteiger partial charge is 0.166 e. The van der Waals surface area contributed by atoms with Crippen LogP contribution in [0.15, 0.2) is 23.8 Å². The van der Waals surface area contributed by atoms with Crippen molar-refractivity contribution in [3.05, 3.63) is 34.9 Å². The van der Waals surface area contributed by atoms with Gasteiger partial charge >= 0.3 is 0 Å². The SMILES string of the molecule is CCC(C)C(=O)c1ccc(OCC=O)cc1C(C)=C1CCC1. The van der Waals surface area contributed by atoms with E-state index in [4.69, 9.17) is 4.74 Å². The van der Waals surface area contributed by atoms with Crippen molar-refractivity contribution in [3.8, 4) is 5.75 Å². The van der Waals surface area contributed by atoms with Crippen LogP contribution in [0.25, 0.3) is 5.57 Å². The lowest BCUT2D eigenvalue weighted by atomic mass is 9.83. The van der Waals surface area contributed by atoms with Gasteiger partial charge in [-0.05, 0) is 61.9 Å². The fraction of sp³-hybridized carbons (Fsp3) is 0.474. The van der Waals surface area contributed by atoms with Crippen molar-refractivity contribution in [2.75, 3.05) is 6.61 Å². The van der Waals surface area contributed by atoms with Gasteiger partial charge in [-0.3, -0.25) is 9.59 Å². The van der Waals surface area contributed by atoms with E-state index in [0.717, 1.165) is 36.7 Å². The fourth-order valence-corrected chi connectivity index (χ4v) is 2.64. The summed E-state index contributed by atoms with van der Waals surface area (Å²) < 4.78 is 5.40. The normalized spacial score (nSPS) is 15.0. The first kappa shape index (κ1) is 16.5. The van der Waals surface area contributed by atoms with Gasteiger partial charge in [0.2, 0.25) is 0 Å². The number of ketones is 1. The van der Waals surface area contributed by atoms with Crippen molar-refractivity contribution in [3.63, 3.8) is 0 Å². The second kappa shape index (κ2) is 7.39. The summed E-state index contributed by atoms with van der Waals surface area (Å²) in [6, 6.07) is 5.52. The predicted molar refractivity (Wildman–Crippen MR) is 88.2 cm³/mol. The van der Waals surface area contributed by atoms with Crippen molar-refractivity contribution in [2.45, 2.75) is 46.5 Å². The minimum Gasteiger partial charge on any atom is -0.486 e. The largest absolute Gasteiger partial charge is 0.486 e. The second-order valence-electron chi connectivity index (χ2n) is 5.94. The van der Waals surface area contributed by atoms with Crippen LogP contribution in [-0.2, 0) is 4.79 Å². The minimum atomic E-state index is 0.0136. The maximum atomic E-state index is 12.6. The first-order valence-corrected chi connectivity index (χ1v) is 8.02. The van der Waals surface area contributed by atoms with E-state index in [1.54, 1.807) is 6.07 Å². The predicted octanol–water partition coefficient (Wildman–Crippen LogP) is 4.45. The number of ether oxygens (including phenoxy) is 1. The van der Waals surface area contributed by atoms with Gasteiger partial charge in [0.1, 0.15) is 12.4 Å².